The topological polar surface area (TPSA) is 156 Å². The van der Waals surface area contributed by atoms with Gasteiger partial charge in [-0.15, -0.1) is 0 Å². The monoisotopic (exact) mass is 440 g/mol. The van der Waals surface area contributed by atoms with Crippen molar-refractivity contribution >= 4 is 29.1 Å². The van der Waals surface area contributed by atoms with Gasteiger partial charge >= 0.3 is 11.9 Å². The Morgan fingerprint density at radius 2 is 1.44 bits per heavy atom. The van der Waals surface area contributed by atoms with Crippen LogP contribution in [0.4, 0.5) is 11.4 Å². The van der Waals surface area contributed by atoms with Crippen molar-refractivity contribution < 1.29 is 33.7 Å². The number of hydrogen-bond acceptors (Lipinski definition) is 9. The summed E-state index contributed by atoms with van der Waals surface area (Å²) < 4.78 is 10.5. The number of carbonyl (C=O) groups is 3. The molecular formula is C21H16N2O9. The van der Waals surface area contributed by atoms with Gasteiger partial charge in [-0.25, -0.2) is 0 Å². The standard InChI is InChI=1S/C21H16N2O9/c1-20(2)31-18(25)21(19(26)32-20)15(11-5-3-7-13(9-11)22(27)28)16(21)17(24)12-6-4-8-14(10-12)23(29)30/h3-10,15-16H,1-2H3/t15-,16+/m1/s1. The molecule has 2 aromatic carbocycles. The minimum Gasteiger partial charge on any atom is -0.422 e. The van der Waals surface area contributed by atoms with E-state index in [9.17, 15) is 34.6 Å². The van der Waals surface area contributed by atoms with Crippen LogP contribution in [0.2, 0.25) is 0 Å². The first-order valence-electron chi connectivity index (χ1n) is 9.49. The zero-order valence-electron chi connectivity index (χ0n) is 16.8. The second kappa shape index (κ2) is 6.94. The zero-order valence-corrected chi connectivity index (χ0v) is 16.8. The number of rotatable bonds is 5. The first-order chi connectivity index (χ1) is 15.0. The van der Waals surface area contributed by atoms with Gasteiger partial charge in [0.1, 0.15) is 0 Å². The average Bonchev–Trinajstić information content (AvgIpc) is 3.43. The summed E-state index contributed by atoms with van der Waals surface area (Å²) in [5, 5.41) is 22.3. The summed E-state index contributed by atoms with van der Waals surface area (Å²) in [6.07, 6.45) is 0. The molecule has 0 bridgehead atoms. The molecule has 2 atom stereocenters. The number of benzene rings is 2. The highest BCUT2D eigenvalue weighted by Crippen LogP contribution is 2.69. The molecule has 1 saturated carbocycles. The molecule has 2 fully saturated rings. The maximum atomic E-state index is 13.3. The van der Waals surface area contributed by atoms with Crippen LogP contribution in [0.1, 0.15) is 35.7 Å². The van der Waals surface area contributed by atoms with Gasteiger partial charge in [0.15, 0.2) is 11.2 Å². The first-order valence-corrected chi connectivity index (χ1v) is 9.49. The summed E-state index contributed by atoms with van der Waals surface area (Å²) in [6.45, 7) is 2.72. The molecule has 1 heterocycles. The highest BCUT2D eigenvalue weighted by atomic mass is 16.7. The molecule has 0 N–H and O–H groups in total. The van der Waals surface area contributed by atoms with Crippen LogP contribution >= 0.6 is 0 Å². The number of hydrogen-bond donors (Lipinski definition) is 0. The Kier molecular flexibility index (Phi) is 4.57. The van der Waals surface area contributed by atoms with Gasteiger partial charge in [-0.2, -0.15) is 0 Å². The van der Waals surface area contributed by atoms with E-state index < -0.39 is 50.6 Å². The van der Waals surface area contributed by atoms with Crippen molar-refractivity contribution in [2.75, 3.05) is 0 Å². The Bertz CT molecular complexity index is 1180. The minimum atomic E-state index is -2.04. The molecule has 0 aromatic heterocycles. The van der Waals surface area contributed by atoms with E-state index in [1.54, 1.807) is 0 Å². The number of nitro groups is 2. The molecule has 1 spiro atoms. The lowest BCUT2D eigenvalue weighted by Crippen LogP contribution is -2.49. The molecule has 1 aliphatic heterocycles. The molecule has 2 aromatic rings. The van der Waals surface area contributed by atoms with Crippen molar-refractivity contribution in [2.24, 2.45) is 11.3 Å². The fourth-order valence-electron chi connectivity index (χ4n) is 4.21. The van der Waals surface area contributed by atoms with Crippen LogP contribution in [0.5, 0.6) is 0 Å². The van der Waals surface area contributed by atoms with Gasteiger partial charge in [0.2, 0.25) is 0 Å². The lowest BCUT2D eigenvalue weighted by molar-refractivity contribution is -0.385. The van der Waals surface area contributed by atoms with E-state index in [1.165, 1.54) is 56.3 Å². The molecule has 1 saturated heterocycles. The minimum absolute atomic E-state index is 0.0815. The Hall–Kier alpha value is -4.15. The molecule has 11 heteroatoms. The largest absolute Gasteiger partial charge is 0.422 e. The summed E-state index contributed by atoms with van der Waals surface area (Å²) in [5.74, 6) is -6.63. The summed E-state index contributed by atoms with van der Waals surface area (Å²) in [7, 11) is 0. The van der Waals surface area contributed by atoms with E-state index in [2.05, 4.69) is 0 Å². The van der Waals surface area contributed by atoms with E-state index in [-0.39, 0.29) is 22.5 Å². The molecule has 164 valence electrons. The molecule has 0 unspecified atom stereocenters. The Morgan fingerprint density at radius 3 is 2.00 bits per heavy atom. The van der Waals surface area contributed by atoms with Gasteiger partial charge in [-0.3, -0.25) is 34.6 Å². The summed E-state index contributed by atoms with van der Waals surface area (Å²) in [6, 6.07) is 10.1. The average molecular weight is 440 g/mol. The van der Waals surface area contributed by atoms with E-state index in [1.807, 2.05) is 0 Å². The number of carbonyl (C=O) groups excluding carboxylic acids is 3. The molecule has 11 nitrogen and oxygen atoms in total. The normalized spacial score (nSPS) is 22.6. The van der Waals surface area contributed by atoms with Crippen molar-refractivity contribution in [1.82, 2.24) is 0 Å². The number of Topliss-reactive ketones (excluding diaryl/α,β-unsaturated/α-hetero) is 1. The number of non-ortho nitro benzene ring substituents is 2. The van der Waals surface area contributed by atoms with Crippen LogP contribution in [0.25, 0.3) is 0 Å². The molecule has 4 rings (SSSR count). The van der Waals surface area contributed by atoms with Crippen LogP contribution < -0.4 is 0 Å². The number of nitrogens with zero attached hydrogens (tertiary/aromatic N) is 2. The second-order valence-corrected chi connectivity index (χ2v) is 8.03. The van der Waals surface area contributed by atoms with Crippen molar-refractivity contribution in [3.05, 3.63) is 79.9 Å². The van der Waals surface area contributed by atoms with Crippen LogP contribution in [0, 0.1) is 31.6 Å². The van der Waals surface area contributed by atoms with Crippen LogP contribution in [0.3, 0.4) is 0 Å². The van der Waals surface area contributed by atoms with Crippen molar-refractivity contribution in [2.45, 2.75) is 25.6 Å². The van der Waals surface area contributed by atoms with Gasteiger partial charge in [0.25, 0.3) is 17.2 Å². The van der Waals surface area contributed by atoms with Crippen molar-refractivity contribution in [3.63, 3.8) is 0 Å². The maximum Gasteiger partial charge on any atom is 0.328 e. The lowest BCUT2D eigenvalue weighted by atomic mass is 9.95. The van der Waals surface area contributed by atoms with Crippen LogP contribution in [-0.2, 0) is 19.1 Å². The van der Waals surface area contributed by atoms with Gasteiger partial charge in [0.05, 0.1) is 15.8 Å². The van der Waals surface area contributed by atoms with Gasteiger partial charge in [-0.05, 0) is 5.56 Å². The number of ether oxygens (including phenoxy) is 2. The lowest BCUT2D eigenvalue weighted by Gasteiger charge is -2.33. The Balaban J connectivity index is 1.83. The zero-order chi connectivity index (χ0) is 23.4. The van der Waals surface area contributed by atoms with Crippen LogP contribution in [0.15, 0.2) is 48.5 Å². The van der Waals surface area contributed by atoms with E-state index in [4.69, 9.17) is 9.47 Å². The van der Waals surface area contributed by atoms with Gasteiger partial charge < -0.3 is 9.47 Å². The third kappa shape index (κ3) is 3.09. The summed E-state index contributed by atoms with van der Waals surface area (Å²) in [5.41, 5.74) is -2.54. The molecule has 1 aliphatic carbocycles. The SMILES string of the molecule is CC1(C)OC(=O)C2(C(=O)O1)[C@H](C(=O)c1cccc([N+](=O)[O-])c1)[C@H]2c1cccc([N+](=O)[O-])c1. The number of cyclic esters (lactones) is 2. The van der Waals surface area contributed by atoms with E-state index in [0.717, 1.165) is 6.07 Å². The fraction of sp³-hybridized carbons (Fsp3) is 0.286. The molecule has 2 aliphatic rings. The van der Waals surface area contributed by atoms with Gasteiger partial charge in [0, 0.05) is 49.6 Å². The predicted molar refractivity (Wildman–Crippen MR) is 105 cm³/mol. The second-order valence-electron chi connectivity index (χ2n) is 8.03. The van der Waals surface area contributed by atoms with Crippen molar-refractivity contribution in [3.8, 4) is 0 Å². The quantitative estimate of drug-likeness (QED) is 0.224. The molecular weight excluding hydrogens is 424 g/mol. The molecule has 0 amide bonds. The van der Waals surface area contributed by atoms with E-state index in [0.29, 0.717) is 0 Å². The predicted octanol–water partition coefficient (Wildman–Crippen LogP) is 2.92. The number of nitro benzene ring substituents is 2. The third-order valence-electron chi connectivity index (χ3n) is 5.62. The highest BCUT2D eigenvalue weighted by molar-refractivity contribution is 6.17. The van der Waals surface area contributed by atoms with E-state index >= 15 is 0 Å². The number of esters is 2. The van der Waals surface area contributed by atoms with Gasteiger partial charge in [-0.1, -0.05) is 24.3 Å². The van der Waals surface area contributed by atoms with Crippen molar-refractivity contribution in [1.29, 1.82) is 0 Å². The Labute approximate surface area is 180 Å². The fourth-order valence-corrected chi connectivity index (χ4v) is 4.21. The van der Waals surface area contributed by atoms with Crippen LogP contribution in [-0.4, -0.2) is 33.4 Å². The summed E-state index contributed by atoms with van der Waals surface area (Å²) in [4.78, 5) is 60.3. The maximum absolute atomic E-state index is 13.3. The Morgan fingerprint density at radius 1 is 0.906 bits per heavy atom. The third-order valence-corrected chi connectivity index (χ3v) is 5.62. The highest BCUT2D eigenvalue weighted by Gasteiger charge is 2.81. The summed E-state index contributed by atoms with van der Waals surface area (Å²) >= 11 is 0. The molecule has 0 radical (unpaired) electrons. The number of ketones is 1. The smallest absolute Gasteiger partial charge is 0.328 e. The first kappa shape index (κ1) is 21.1. The molecule has 32 heavy (non-hydrogen) atoms.